The van der Waals surface area contributed by atoms with Crippen molar-refractivity contribution in [1.82, 2.24) is 0 Å². The zero-order chi connectivity index (χ0) is 9.36. The molecule has 2 heteroatoms. The second kappa shape index (κ2) is 10.1. The molecule has 1 aliphatic carbocycles. The summed E-state index contributed by atoms with van der Waals surface area (Å²) in [7, 11) is 0. The number of hydrogen-bond acceptors (Lipinski definition) is 0. The van der Waals surface area contributed by atoms with Gasteiger partial charge in [-0.1, -0.05) is 0 Å². The fourth-order valence-electron chi connectivity index (χ4n) is 1.84. The van der Waals surface area contributed by atoms with E-state index in [0.717, 1.165) is 0 Å². The molecule has 0 amide bonds. The van der Waals surface area contributed by atoms with Crippen LogP contribution in [0.5, 0.6) is 0 Å². The van der Waals surface area contributed by atoms with Crippen molar-refractivity contribution in [2.75, 3.05) is 0 Å². The fourth-order valence-corrected chi connectivity index (χ4v) is 2.16. The summed E-state index contributed by atoms with van der Waals surface area (Å²) in [5.74, 6) is 0. The molecule has 0 nitrogen and oxygen atoms in total. The fraction of sp³-hybridized carbons (Fsp3) is 0.833. The molecule has 0 aromatic heterocycles. The van der Waals surface area contributed by atoms with Crippen molar-refractivity contribution in [3.05, 3.63) is 10.6 Å². The van der Waals surface area contributed by atoms with Gasteiger partial charge >= 0.3 is 90.3 Å². The molecule has 87 valence electrons. The van der Waals surface area contributed by atoms with E-state index in [4.69, 9.17) is 15.5 Å². The van der Waals surface area contributed by atoms with Crippen molar-refractivity contribution in [3.63, 3.8) is 0 Å². The average Bonchev–Trinajstić information content (AvgIpc) is 2.11. The van der Waals surface area contributed by atoms with Crippen LogP contribution in [0, 0.1) is 0 Å². The van der Waals surface area contributed by atoms with Crippen LogP contribution in [0.4, 0.5) is 0 Å². The summed E-state index contributed by atoms with van der Waals surface area (Å²) in [5.41, 5.74) is 0. The minimum absolute atomic E-state index is 0. The third-order valence-electron chi connectivity index (χ3n) is 2.71. The van der Waals surface area contributed by atoms with Gasteiger partial charge in [0.15, 0.2) is 0 Å². The molecule has 0 bridgehead atoms. The van der Waals surface area contributed by atoms with Crippen LogP contribution in [-0.4, -0.2) is 0 Å². The van der Waals surface area contributed by atoms with Crippen LogP contribution in [0.1, 0.15) is 64.2 Å². The molecule has 0 N–H and O–H groups in total. The Morgan fingerprint density at radius 3 is 1.93 bits per heavy atom. The summed E-state index contributed by atoms with van der Waals surface area (Å²) >= 11 is 4.98. The molecular formula is C12H22ClNi. The Morgan fingerprint density at radius 2 is 1.29 bits per heavy atom. The first-order chi connectivity index (χ1) is 6.39. The summed E-state index contributed by atoms with van der Waals surface area (Å²) in [4.78, 5) is 0. The van der Waals surface area contributed by atoms with Crippen molar-refractivity contribution in [1.29, 1.82) is 0 Å². The Hall–Kier alpha value is 0.524. The first kappa shape index (κ1) is 14.5. The number of allylic oxidation sites excluding steroid dienone is 2. The molecule has 0 spiro atoms. The van der Waals surface area contributed by atoms with Gasteiger partial charge in [-0.2, -0.15) is 0 Å². The Bertz CT molecular complexity index is 154. The van der Waals surface area contributed by atoms with Crippen molar-refractivity contribution >= 4 is 12.4 Å². The Balaban J connectivity index is 0.00000169. The van der Waals surface area contributed by atoms with Gasteiger partial charge in [0.2, 0.25) is 0 Å². The molecule has 1 rings (SSSR count). The molecule has 0 radical (unpaired) electrons. The zero-order valence-electron chi connectivity index (χ0n) is 8.87. The van der Waals surface area contributed by atoms with Gasteiger partial charge in [0.1, 0.15) is 0 Å². The maximum atomic E-state index is 4.98. The summed E-state index contributed by atoms with van der Waals surface area (Å²) in [6, 6.07) is 0. The minimum atomic E-state index is 0. The summed E-state index contributed by atoms with van der Waals surface area (Å²) < 4.78 is 1.25. The van der Waals surface area contributed by atoms with E-state index in [1.165, 1.54) is 68.8 Å². The van der Waals surface area contributed by atoms with Crippen LogP contribution in [0.15, 0.2) is 10.6 Å². The van der Waals surface area contributed by atoms with Gasteiger partial charge < -0.3 is 0 Å². The molecule has 0 saturated carbocycles. The first-order valence-electron chi connectivity index (χ1n) is 5.71. The Kier molecular flexibility index (Phi) is 10.4. The number of halogens is 1. The monoisotopic (exact) mass is 259 g/mol. The van der Waals surface area contributed by atoms with E-state index in [0.29, 0.717) is 0 Å². The van der Waals surface area contributed by atoms with Crippen molar-refractivity contribution in [3.8, 4) is 0 Å². The molecule has 1 aliphatic rings. The normalized spacial score (nSPS) is 21.1. The van der Waals surface area contributed by atoms with Crippen LogP contribution in [0.25, 0.3) is 0 Å². The number of rotatable bonds is 0. The molecular weight excluding hydrogens is 238 g/mol. The van der Waals surface area contributed by atoms with E-state index in [1.54, 1.807) is 0 Å². The molecule has 0 unspecified atom stereocenters. The van der Waals surface area contributed by atoms with Crippen LogP contribution in [0.2, 0.25) is 0 Å². The van der Waals surface area contributed by atoms with E-state index >= 15 is 0 Å². The van der Waals surface area contributed by atoms with Crippen molar-refractivity contribution in [2.45, 2.75) is 64.2 Å². The van der Waals surface area contributed by atoms with E-state index in [2.05, 4.69) is 6.08 Å². The SMILES string of the molecule is Cl.[Ni][C]1=CCCCCCCCCCC1. The molecule has 0 saturated heterocycles. The first-order valence-corrected chi connectivity index (χ1v) is 6.20. The van der Waals surface area contributed by atoms with Crippen LogP contribution >= 0.6 is 12.4 Å². The Morgan fingerprint density at radius 1 is 0.786 bits per heavy atom. The molecule has 0 heterocycles. The summed E-state index contributed by atoms with van der Waals surface area (Å²) in [5, 5.41) is 0. The van der Waals surface area contributed by atoms with Gasteiger partial charge in [-0.3, -0.25) is 0 Å². The number of hydrogen-bond donors (Lipinski definition) is 0. The van der Waals surface area contributed by atoms with Gasteiger partial charge in [0, 0.05) is 0 Å². The third kappa shape index (κ3) is 7.88. The quantitative estimate of drug-likeness (QED) is 0.551. The standard InChI is InChI=1S/C12H21.ClH.Ni/c1-2-4-6-8-10-12-11-9-7-5-3-1;;/h1H,2,4-12H2;1H;. The average molecular weight is 260 g/mol. The predicted molar refractivity (Wildman–Crippen MR) is 61.5 cm³/mol. The van der Waals surface area contributed by atoms with Gasteiger partial charge in [0.05, 0.1) is 0 Å². The third-order valence-corrected chi connectivity index (χ3v) is 3.16. The van der Waals surface area contributed by atoms with Gasteiger partial charge in [0.25, 0.3) is 0 Å². The van der Waals surface area contributed by atoms with Gasteiger partial charge in [-0.25, -0.2) is 0 Å². The zero-order valence-corrected chi connectivity index (χ0v) is 10.7. The van der Waals surface area contributed by atoms with Gasteiger partial charge in [-0.05, 0) is 0 Å². The molecule has 0 aromatic rings. The molecule has 0 fully saturated rings. The second-order valence-electron chi connectivity index (χ2n) is 3.98. The van der Waals surface area contributed by atoms with Crippen LogP contribution in [-0.2, 0) is 15.5 Å². The van der Waals surface area contributed by atoms with Crippen LogP contribution < -0.4 is 0 Å². The summed E-state index contributed by atoms with van der Waals surface area (Å²) in [6.45, 7) is 0. The molecule has 14 heavy (non-hydrogen) atoms. The van der Waals surface area contributed by atoms with E-state index in [-0.39, 0.29) is 12.4 Å². The molecule has 0 atom stereocenters. The van der Waals surface area contributed by atoms with Crippen molar-refractivity contribution < 1.29 is 15.5 Å². The van der Waals surface area contributed by atoms with E-state index in [1.807, 2.05) is 0 Å². The van der Waals surface area contributed by atoms with E-state index < -0.39 is 0 Å². The topological polar surface area (TPSA) is 0 Å². The summed E-state index contributed by atoms with van der Waals surface area (Å²) in [6.07, 6.45) is 15.9. The maximum absolute atomic E-state index is 4.98. The van der Waals surface area contributed by atoms with Crippen LogP contribution in [0.3, 0.4) is 0 Å². The van der Waals surface area contributed by atoms with E-state index in [9.17, 15) is 0 Å². The predicted octanol–water partition coefficient (Wildman–Crippen LogP) is 4.75. The second-order valence-corrected chi connectivity index (χ2v) is 4.61. The van der Waals surface area contributed by atoms with Crippen molar-refractivity contribution in [2.24, 2.45) is 0 Å². The molecule has 0 aromatic carbocycles. The molecule has 0 aliphatic heterocycles. The van der Waals surface area contributed by atoms with Gasteiger partial charge in [-0.15, -0.1) is 12.4 Å². The Labute approximate surface area is 103 Å².